The number of aliphatic hydroxyl groups is 1. The van der Waals surface area contributed by atoms with Crippen LogP contribution in [-0.2, 0) is 14.0 Å². The molecule has 3 N–H and O–H groups in total. The van der Waals surface area contributed by atoms with Crippen molar-refractivity contribution in [3.63, 3.8) is 0 Å². The summed E-state index contributed by atoms with van der Waals surface area (Å²) in [5.74, 6) is 0. The molecule has 1 amide bonds. The Bertz CT molecular complexity index is 639. The third-order valence-corrected chi connectivity index (χ3v) is 4.61. The Morgan fingerprint density at radius 1 is 1.15 bits per heavy atom. The van der Waals surface area contributed by atoms with Crippen LogP contribution in [0, 0.1) is 0 Å². The predicted molar refractivity (Wildman–Crippen MR) is 106 cm³/mol. The quantitative estimate of drug-likeness (QED) is 0.538. The molecule has 1 aliphatic rings. The Kier molecular flexibility index (Phi) is 6.14. The minimum Gasteiger partial charge on any atom is -0.444 e. The molecule has 1 aromatic carbocycles. The largest absolute Gasteiger partial charge is 0.494 e. The number of carbonyl (C=O) groups is 1. The summed E-state index contributed by atoms with van der Waals surface area (Å²) in [6.07, 6.45) is -1.51. The van der Waals surface area contributed by atoms with Crippen LogP contribution in [-0.4, -0.2) is 47.9 Å². The molecule has 27 heavy (non-hydrogen) atoms. The maximum Gasteiger partial charge on any atom is 0.494 e. The molecule has 150 valence electrons. The molecule has 0 aromatic heterocycles. The van der Waals surface area contributed by atoms with Gasteiger partial charge in [-0.15, -0.1) is 0 Å². The van der Waals surface area contributed by atoms with Gasteiger partial charge in [-0.25, -0.2) is 4.79 Å². The number of hydrogen-bond donors (Lipinski definition) is 3. The number of rotatable bonds is 5. The number of carbonyl (C=O) groups excluding carboxylic acids is 1. The monoisotopic (exact) mass is 378 g/mol. The molecule has 1 unspecified atom stereocenters. The van der Waals surface area contributed by atoms with Gasteiger partial charge in [-0.3, -0.25) is 0 Å². The lowest BCUT2D eigenvalue weighted by Gasteiger charge is -2.32. The standard InChI is InChI=1S/C19H31BN2O5/c1-17(2,3)25-16(24)21-12-15(23)22-14-10-8-13(9-11-14)20-26-18(4,5)19(6,7)27-20/h8-11,15,22-23H,12H2,1-7H3,(H,21,24). The van der Waals surface area contributed by atoms with Crippen LogP contribution in [0.15, 0.2) is 24.3 Å². The molecule has 1 fully saturated rings. The number of benzene rings is 1. The smallest absolute Gasteiger partial charge is 0.444 e. The van der Waals surface area contributed by atoms with E-state index in [4.69, 9.17) is 14.0 Å². The summed E-state index contributed by atoms with van der Waals surface area (Å²) in [5, 5.41) is 15.5. The number of ether oxygens (including phenoxy) is 1. The van der Waals surface area contributed by atoms with E-state index < -0.39 is 36.2 Å². The minimum atomic E-state index is -0.944. The summed E-state index contributed by atoms with van der Waals surface area (Å²) in [5.41, 5.74) is 0.261. The van der Waals surface area contributed by atoms with Crippen molar-refractivity contribution in [3.05, 3.63) is 24.3 Å². The molecular formula is C19H31BN2O5. The second-order valence-electron chi connectivity index (χ2n) is 8.75. The molecular weight excluding hydrogens is 347 g/mol. The Labute approximate surface area is 161 Å². The fraction of sp³-hybridized carbons (Fsp3) is 0.632. The third-order valence-electron chi connectivity index (χ3n) is 4.61. The van der Waals surface area contributed by atoms with E-state index in [0.717, 1.165) is 5.46 Å². The van der Waals surface area contributed by atoms with E-state index in [1.807, 2.05) is 52.0 Å². The topological polar surface area (TPSA) is 89.1 Å². The van der Waals surface area contributed by atoms with Gasteiger partial charge in [0.15, 0.2) is 0 Å². The molecule has 1 saturated heterocycles. The lowest BCUT2D eigenvalue weighted by Crippen LogP contribution is -2.41. The van der Waals surface area contributed by atoms with Crippen molar-refractivity contribution in [2.45, 2.75) is 71.5 Å². The molecule has 0 bridgehead atoms. The summed E-state index contributed by atoms with van der Waals surface area (Å²) in [7, 11) is -0.428. The maximum absolute atomic E-state index is 11.6. The van der Waals surface area contributed by atoms with Crippen LogP contribution in [0.3, 0.4) is 0 Å². The molecule has 0 aliphatic carbocycles. The average molecular weight is 378 g/mol. The number of nitrogens with one attached hydrogen (secondary N) is 2. The fourth-order valence-corrected chi connectivity index (χ4v) is 2.45. The zero-order valence-corrected chi connectivity index (χ0v) is 17.3. The Morgan fingerprint density at radius 3 is 2.15 bits per heavy atom. The van der Waals surface area contributed by atoms with E-state index >= 15 is 0 Å². The van der Waals surface area contributed by atoms with Crippen molar-refractivity contribution in [2.75, 3.05) is 11.9 Å². The number of anilines is 1. The minimum absolute atomic E-state index is 0.0217. The van der Waals surface area contributed by atoms with Crippen molar-refractivity contribution in [1.82, 2.24) is 5.32 Å². The van der Waals surface area contributed by atoms with Crippen molar-refractivity contribution < 1.29 is 23.9 Å². The van der Waals surface area contributed by atoms with Crippen molar-refractivity contribution in [1.29, 1.82) is 0 Å². The van der Waals surface area contributed by atoms with Crippen molar-refractivity contribution in [3.8, 4) is 0 Å². The summed E-state index contributed by atoms with van der Waals surface area (Å²) >= 11 is 0. The molecule has 0 radical (unpaired) electrons. The third kappa shape index (κ3) is 5.86. The van der Waals surface area contributed by atoms with Gasteiger partial charge in [0.25, 0.3) is 0 Å². The van der Waals surface area contributed by atoms with Crippen molar-refractivity contribution >= 4 is 24.4 Å². The first-order valence-electron chi connectivity index (χ1n) is 9.16. The van der Waals surface area contributed by atoms with Crippen LogP contribution < -0.4 is 16.1 Å². The highest BCUT2D eigenvalue weighted by molar-refractivity contribution is 6.62. The van der Waals surface area contributed by atoms with Crippen LogP contribution in [0.5, 0.6) is 0 Å². The van der Waals surface area contributed by atoms with Crippen LogP contribution in [0.4, 0.5) is 10.5 Å². The van der Waals surface area contributed by atoms with E-state index in [1.165, 1.54) is 0 Å². The van der Waals surface area contributed by atoms with Gasteiger partial charge in [0.2, 0.25) is 0 Å². The maximum atomic E-state index is 11.6. The van der Waals surface area contributed by atoms with Crippen molar-refractivity contribution in [2.24, 2.45) is 0 Å². The van der Waals surface area contributed by atoms with Gasteiger partial charge in [0.05, 0.1) is 17.7 Å². The molecule has 0 spiro atoms. The van der Waals surface area contributed by atoms with E-state index in [9.17, 15) is 9.90 Å². The Balaban J connectivity index is 1.86. The second kappa shape index (κ2) is 7.69. The molecule has 1 atom stereocenters. The number of amides is 1. The summed E-state index contributed by atoms with van der Waals surface area (Å²) in [4.78, 5) is 11.6. The summed E-state index contributed by atoms with van der Waals surface area (Å²) < 4.78 is 17.2. The normalized spacial score (nSPS) is 19.5. The van der Waals surface area contributed by atoms with Crippen LogP contribution in [0.2, 0.25) is 0 Å². The average Bonchev–Trinajstić information content (AvgIpc) is 2.72. The van der Waals surface area contributed by atoms with E-state index in [0.29, 0.717) is 5.69 Å². The molecule has 2 rings (SSSR count). The first-order chi connectivity index (χ1) is 12.3. The highest BCUT2D eigenvalue weighted by atomic mass is 16.7. The molecule has 1 heterocycles. The molecule has 7 nitrogen and oxygen atoms in total. The highest BCUT2D eigenvalue weighted by Crippen LogP contribution is 2.36. The summed E-state index contributed by atoms with van der Waals surface area (Å²) in [6, 6.07) is 7.44. The molecule has 1 aliphatic heterocycles. The zero-order valence-electron chi connectivity index (χ0n) is 17.3. The Hall–Kier alpha value is -1.77. The van der Waals surface area contributed by atoms with Gasteiger partial charge in [0.1, 0.15) is 11.8 Å². The van der Waals surface area contributed by atoms with E-state index in [-0.39, 0.29) is 6.54 Å². The lowest BCUT2D eigenvalue weighted by molar-refractivity contribution is 0.00578. The Morgan fingerprint density at radius 2 is 1.67 bits per heavy atom. The summed E-state index contributed by atoms with van der Waals surface area (Å²) in [6.45, 7) is 13.4. The van der Waals surface area contributed by atoms with Gasteiger partial charge in [-0.2, -0.15) is 0 Å². The number of aliphatic hydroxyl groups excluding tert-OH is 1. The lowest BCUT2D eigenvalue weighted by atomic mass is 9.79. The second-order valence-corrected chi connectivity index (χ2v) is 8.75. The van der Waals surface area contributed by atoms with Crippen LogP contribution in [0.1, 0.15) is 48.5 Å². The first-order valence-corrected chi connectivity index (χ1v) is 9.16. The van der Waals surface area contributed by atoms with E-state index in [1.54, 1.807) is 20.8 Å². The zero-order chi connectivity index (χ0) is 20.5. The van der Waals surface area contributed by atoms with Gasteiger partial charge in [-0.05, 0) is 66.1 Å². The van der Waals surface area contributed by atoms with Gasteiger partial charge < -0.3 is 29.8 Å². The molecule has 0 saturated carbocycles. The fourth-order valence-electron chi connectivity index (χ4n) is 2.45. The first kappa shape index (κ1) is 21.5. The van der Waals surface area contributed by atoms with Crippen LogP contribution in [0.25, 0.3) is 0 Å². The van der Waals surface area contributed by atoms with Gasteiger partial charge >= 0.3 is 13.2 Å². The van der Waals surface area contributed by atoms with E-state index in [2.05, 4.69) is 10.6 Å². The number of hydrogen-bond acceptors (Lipinski definition) is 6. The highest BCUT2D eigenvalue weighted by Gasteiger charge is 2.51. The van der Waals surface area contributed by atoms with Crippen LogP contribution >= 0.6 is 0 Å². The molecule has 8 heteroatoms. The SMILES string of the molecule is CC(C)(C)OC(=O)NCC(O)Nc1ccc(B2OC(C)(C)C(C)(C)O2)cc1. The van der Waals surface area contributed by atoms with Gasteiger partial charge in [-0.1, -0.05) is 12.1 Å². The predicted octanol–water partition coefficient (Wildman–Crippen LogP) is 2.24. The van der Waals surface area contributed by atoms with Gasteiger partial charge in [0, 0.05) is 5.69 Å². The molecule has 1 aromatic rings. The number of alkyl carbamates (subject to hydrolysis) is 1.